The van der Waals surface area contributed by atoms with Crippen LogP contribution in [0, 0.1) is 10.1 Å². The Kier molecular flexibility index (Phi) is 6.21. The molecule has 0 radical (unpaired) electrons. The van der Waals surface area contributed by atoms with Crippen LogP contribution in [0.2, 0.25) is 0 Å². The van der Waals surface area contributed by atoms with Crippen molar-refractivity contribution in [3.05, 3.63) is 63.8 Å². The SMILES string of the molecule is COC(=O)c1cnc(OCCOCc2ccccc2)c([N+](=O)[O-])c1. The second kappa shape index (κ2) is 8.59. The Morgan fingerprint density at radius 1 is 1.25 bits per heavy atom. The largest absolute Gasteiger partial charge is 0.470 e. The number of rotatable bonds is 8. The standard InChI is InChI=1S/C16H16N2O6/c1-22-16(19)13-9-14(18(20)21)15(17-10-13)24-8-7-23-11-12-5-3-2-4-6-12/h2-6,9-10H,7-8,11H2,1H3. The van der Waals surface area contributed by atoms with Crippen molar-refractivity contribution in [1.82, 2.24) is 4.98 Å². The van der Waals surface area contributed by atoms with Crippen molar-refractivity contribution >= 4 is 11.7 Å². The number of carbonyl (C=O) groups is 1. The molecule has 1 aromatic carbocycles. The molecule has 24 heavy (non-hydrogen) atoms. The summed E-state index contributed by atoms with van der Waals surface area (Å²) in [6, 6.07) is 10.7. The first-order chi connectivity index (χ1) is 11.6. The fraction of sp³-hybridized carbons (Fsp3) is 0.250. The lowest BCUT2D eigenvalue weighted by atomic mass is 10.2. The summed E-state index contributed by atoms with van der Waals surface area (Å²) in [5.74, 6) is -0.876. The number of carbonyl (C=O) groups excluding carboxylic acids is 1. The highest BCUT2D eigenvalue weighted by atomic mass is 16.6. The van der Waals surface area contributed by atoms with Gasteiger partial charge in [0.1, 0.15) is 6.61 Å². The zero-order chi connectivity index (χ0) is 17.4. The molecule has 126 valence electrons. The van der Waals surface area contributed by atoms with Crippen LogP contribution in [0.25, 0.3) is 0 Å². The van der Waals surface area contributed by atoms with Crippen LogP contribution in [0.1, 0.15) is 15.9 Å². The number of nitro groups is 1. The lowest BCUT2D eigenvalue weighted by molar-refractivity contribution is -0.386. The molecule has 1 aromatic heterocycles. The lowest BCUT2D eigenvalue weighted by Crippen LogP contribution is -2.10. The number of aromatic nitrogens is 1. The molecule has 0 aliphatic carbocycles. The van der Waals surface area contributed by atoms with E-state index in [2.05, 4.69) is 9.72 Å². The van der Waals surface area contributed by atoms with Gasteiger partial charge in [-0.3, -0.25) is 10.1 Å². The first-order valence-electron chi connectivity index (χ1n) is 7.09. The minimum absolute atomic E-state index is 0.0168. The highest BCUT2D eigenvalue weighted by Gasteiger charge is 2.20. The molecule has 8 heteroatoms. The van der Waals surface area contributed by atoms with Gasteiger partial charge in [-0.15, -0.1) is 0 Å². The van der Waals surface area contributed by atoms with E-state index >= 15 is 0 Å². The van der Waals surface area contributed by atoms with Crippen molar-refractivity contribution in [2.75, 3.05) is 20.3 Å². The molecule has 1 heterocycles. The Hall–Kier alpha value is -3.00. The summed E-state index contributed by atoms with van der Waals surface area (Å²) in [5.41, 5.74) is 0.599. The Morgan fingerprint density at radius 3 is 2.67 bits per heavy atom. The second-order valence-electron chi connectivity index (χ2n) is 4.68. The number of esters is 1. The number of ether oxygens (including phenoxy) is 3. The molecule has 0 saturated heterocycles. The summed E-state index contributed by atoms with van der Waals surface area (Å²) < 4.78 is 15.2. The smallest absolute Gasteiger partial charge is 0.339 e. The number of nitrogens with zero attached hydrogens (tertiary/aromatic N) is 2. The summed E-state index contributed by atoms with van der Waals surface area (Å²) in [6.45, 7) is 0.756. The van der Waals surface area contributed by atoms with Crippen molar-refractivity contribution in [2.45, 2.75) is 6.61 Å². The first-order valence-corrected chi connectivity index (χ1v) is 7.09. The molecule has 0 N–H and O–H groups in total. The van der Waals surface area contributed by atoms with Crippen molar-refractivity contribution in [2.24, 2.45) is 0 Å². The number of pyridine rings is 1. The number of benzene rings is 1. The highest BCUT2D eigenvalue weighted by molar-refractivity contribution is 5.89. The zero-order valence-corrected chi connectivity index (χ0v) is 13.0. The van der Waals surface area contributed by atoms with Gasteiger partial charge in [-0.1, -0.05) is 30.3 Å². The molecule has 0 spiro atoms. The van der Waals surface area contributed by atoms with Gasteiger partial charge in [0.2, 0.25) is 0 Å². The van der Waals surface area contributed by atoms with Crippen LogP contribution in [-0.4, -0.2) is 36.2 Å². The Balaban J connectivity index is 1.89. The monoisotopic (exact) mass is 332 g/mol. The van der Waals surface area contributed by atoms with Gasteiger partial charge in [0, 0.05) is 12.3 Å². The van der Waals surface area contributed by atoms with Crippen LogP contribution in [0.4, 0.5) is 5.69 Å². The average molecular weight is 332 g/mol. The van der Waals surface area contributed by atoms with Gasteiger partial charge in [0.05, 0.1) is 30.8 Å². The Labute approximate surface area is 138 Å². The van der Waals surface area contributed by atoms with E-state index in [1.165, 1.54) is 13.3 Å². The quantitative estimate of drug-likeness (QED) is 0.316. The third kappa shape index (κ3) is 4.75. The normalized spacial score (nSPS) is 10.2. The molecule has 0 saturated carbocycles. The summed E-state index contributed by atoms with van der Waals surface area (Å²) in [4.78, 5) is 25.6. The van der Waals surface area contributed by atoms with E-state index in [0.29, 0.717) is 6.61 Å². The minimum atomic E-state index is -0.705. The van der Waals surface area contributed by atoms with Crippen molar-refractivity contribution in [3.8, 4) is 5.88 Å². The average Bonchev–Trinajstić information content (AvgIpc) is 2.61. The van der Waals surface area contributed by atoms with Gasteiger partial charge in [-0.2, -0.15) is 0 Å². The molecular formula is C16H16N2O6. The van der Waals surface area contributed by atoms with Gasteiger partial charge < -0.3 is 14.2 Å². The molecular weight excluding hydrogens is 316 g/mol. The van der Waals surface area contributed by atoms with E-state index in [1.54, 1.807) is 0 Å². The van der Waals surface area contributed by atoms with Gasteiger partial charge in [0.25, 0.3) is 5.88 Å². The van der Waals surface area contributed by atoms with E-state index in [4.69, 9.17) is 9.47 Å². The minimum Gasteiger partial charge on any atom is -0.470 e. The van der Waals surface area contributed by atoms with Gasteiger partial charge >= 0.3 is 11.7 Å². The first kappa shape index (κ1) is 17.4. The maximum atomic E-state index is 11.4. The van der Waals surface area contributed by atoms with E-state index in [1.807, 2.05) is 30.3 Å². The Bertz CT molecular complexity index is 705. The molecule has 2 rings (SSSR count). The predicted octanol–water partition coefficient (Wildman–Crippen LogP) is 2.37. The molecule has 0 bridgehead atoms. The maximum Gasteiger partial charge on any atom is 0.339 e. The number of methoxy groups -OCH3 is 1. The number of hydrogen-bond donors (Lipinski definition) is 0. The molecule has 0 aliphatic heterocycles. The predicted molar refractivity (Wildman–Crippen MR) is 83.8 cm³/mol. The Morgan fingerprint density at radius 2 is 2.00 bits per heavy atom. The topological polar surface area (TPSA) is 101 Å². The van der Waals surface area contributed by atoms with Gasteiger partial charge in [0.15, 0.2) is 0 Å². The zero-order valence-electron chi connectivity index (χ0n) is 13.0. The molecule has 0 aliphatic rings. The fourth-order valence-corrected chi connectivity index (χ4v) is 1.87. The third-order valence-electron chi connectivity index (χ3n) is 3.03. The van der Waals surface area contributed by atoms with E-state index in [0.717, 1.165) is 11.6 Å². The molecule has 0 unspecified atom stereocenters. The van der Waals surface area contributed by atoms with Crippen LogP contribution in [0.3, 0.4) is 0 Å². The van der Waals surface area contributed by atoms with Crippen molar-refractivity contribution < 1.29 is 23.9 Å². The van der Waals surface area contributed by atoms with Crippen molar-refractivity contribution in [1.29, 1.82) is 0 Å². The summed E-state index contributed by atoms with van der Waals surface area (Å²) in [7, 11) is 1.18. The van der Waals surface area contributed by atoms with Gasteiger partial charge in [-0.25, -0.2) is 9.78 Å². The second-order valence-corrected chi connectivity index (χ2v) is 4.68. The third-order valence-corrected chi connectivity index (χ3v) is 3.03. The van der Waals surface area contributed by atoms with Crippen LogP contribution in [0.5, 0.6) is 5.88 Å². The van der Waals surface area contributed by atoms with Crippen LogP contribution in [0.15, 0.2) is 42.6 Å². The van der Waals surface area contributed by atoms with Crippen LogP contribution < -0.4 is 4.74 Å². The maximum absolute atomic E-state index is 11.4. The highest BCUT2D eigenvalue weighted by Crippen LogP contribution is 2.25. The summed E-state index contributed by atoms with van der Waals surface area (Å²) in [5, 5.41) is 11.1. The molecule has 0 fully saturated rings. The van der Waals surface area contributed by atoms with Gasteiger partial charge in [-0.05, 0) is 5.56 Å². The van der Waals surface area contributed by atoms with E-state index < -0.39 is 16.6 Å². The fourth-order valence-electron chi connectivity index (χ4n) is 1.87. The summed E-state index contributed by atoms with van der Waals surface area (Å²) in [6.07, 6.45) is 1.17. The van der Waals surface area contributed by atoms with Crippen molar-refractivity contribution in [3.63, 3.8) is 0 Å². The molecule has 2 aromatic rings. The molecule has 0 atom stereocenters. The molecule has 8 nitrogen and oxygen atoms in total. The van der Waals surface area contributed by atoms with Crippen LogP contribution >= 0.6 is 0 Å². The summed E-state index contributed by atoms with van der Waals surface area (Å²) >= 11 is 0. The van der Waals surface area contributed by atoms with Crippen LogP contribution in [-0.2, 0) is 16.1 Å². The number of hydrogen-bond acceptors (Lipinski definition) is 7. The molecule has 0 amide bonds. The van der Waals surface area contributed by atoms with E-state index in [9.17, 15) is 14.9 Å². The van der Waals surface area contributed by atoms with E-state index in [-0.39, 0.29) is 24.7 Å². The lowest BCUT2D eigenvalue weighted by Gasteiger charge is -2.07.